The fourth-order valence-electron chi connectivity index (χ4n) is 5.60. The van der Waals surface area contributed by atoms with Gasteiger partial charge in [-0.2, -0.15) is 0 Å². The second kappa shape index (κ2) is 10.0. The van der Waals surface area contributed by atoms with Crippen LogP contribution in [0.1, 0.15) is 56.2 Å². The number of nitrogens with zero attached hydrogens (tertiary/aromatic N) is 2. The van der Waals surface area contributed by atoms with Gasteiger partial charge < -0.3 is 15.5 Å². The highest BCUT2D eigenvalue weighted by Gasteiger charge is 2.56. The minimum atomic E-state index is -1.22. The summed E-state index contributed by atoms with van der Waals surface area (Å²) in [5, 5.41) is 5.57. The molecule has 2 N–H and O–H groups in total. The normalized spacial score (nSPS) is 20.7. The number of urea groups is 1. The van der Waals surface area contributed by atoms with Crippen LogP contribution >= 0.6 is 0 Å². The summed E-state index contributed by atoms with van der Waals surface area (Å²) in [7, 11) is 0. The van der Waals surface area contributed by atoms with Gasteiger partial charge in [0, 0.05) is 18.3 Å². The standard InChI is InChI=1S/C29H32N4O5/c1-18(34)14-25(35)30-23-10-11-24-22(15-23)12-13-29(24)27(37)33(28(38)31-29)17-26(36)32(19(2)21-8-9-21)16-20-6-4-3-5-7-20/h3-7,10-11,15,19,21H,8-9,12-14,16-17H2,1-2H3,(H,30,35)(H,31,38)/t19-,29-/m0/s1. The number of nitrogens with one attached hydrogen (secondary N) is 2. The van der Waals surface area contributed by atoms with E-state index in [0.717, 1.165) is 28.9 Å². The Kier molecular flexibility index (Phi) is 6.77. The zero-order valence-electron chi connectivity index (χ0n) is 21.7. The molecule has 0 aromatic heterocycles. The fourth-order valence-corrected chi connectivity index (χ4v) is 5.60. The largest absolute Gasteiger partial charge is 0.334 e. The molecule has 5 amide bonds. The van der Waals surface area contributed by atoms with Crippen LogP contribution in [-0.4, -0.2) is 51.9 Å². The molecule has 0 radical (unpaired) electrons. The zero-order chi connectivity index (χ0) is 27.0. The van der Waals surface area contributed by atoms with Crippen molar-refractivity contribution in [3.05, 3.63) is 65.2 Å². The number of hydrogen-bond donors (Lipinski definition) is 2. The summed E-state index contributed by atoms with van der Waals surface area (Å²) < 4.78 is 0. The maximum Gasteiger partial charge on any atom is 0.325 e. The molecule has 9 heteroatoms. The van der Waals surface area contributed by atoms with Crippen LogP contribution in [0.2, 0.25) is 0 Å². The molecule has 2 fully saturated rings. The second-order valence-corrected chi connectivity index (χ2v) is 10.6. The Morgan fingerprint density at radius 2 is 1.87 bits per heavy atom. The smallest absolute Gasteiger partial charge is 0.325 e. The van der Waals surface area contributed by atoms with Gasteiger partial charge in [0.25, 0.3) is 5.91 Å². The summed E-state index contributed by atoms with van der Waals surface area (Å²) in [6.07, 6.45) is 2.83. The Labute approximate surface area is 221 Å². The quantitative estimate of drug-likeness (QED) is 0.393. The van der Waals surface area contributed by atoms with Crippen molar-refractivity contribution in [3.8, 4) is 0 Å². The molecule has 0 bridgehead atoms. The summed E-state index contributed by atoms with van der Waals surface area (Å²) in [5.74, 6) is -0.882. The first-order valence-electron chi connectivity index (χ1n) is 13.1. The molecular weight excluding hydrogens is 484 g/mol. The average molecular weight is 517 g/mol. The topological polar surface area (TPSA) is 116 Å². The first-order valence-corrected chi connectivity index (χ1v) is 13.1. The Balaban J connectivity index is 1.32. The number of carbonyl (C=O) groups is 5. The van der Waals surface area contributed by atoms with Crippen LogP contribution < -0.4 is 10.6 Å². The summed E-state index contributed by atoms with van der Waals surface area (Å²) in [4.78, 5) is 66.3. The molecule has 2 aliphatic carbocycles. The van der Waals surface area contributed by atoms with Crippen molar-refractivity contribution in [2.24, 2.45) is 5.92 Å². The molecule has 198 valence electrons. The van der Waals surface area contributed by atoms with E-state index in [4.69, 9.17) is 0 Å². The fraction of sp³-hybridized carbons (Fsp3) is 0.414. The molecule has 1 aliphatic heterocycles. The van der Waals surface area contributed by atoms with Gasteiger partial charge >= 0.3 is 6.03 Å². The van der Waals surface area contributed by atoms with Crippen molar-refractivity contribution in [1.82, 2.24) is 15.1 Å². The van der Waals surface area contributed by atoms with Gasteiger partial charge in [0.05, 0.1) is 6.42 Å². The van der Waals surface area contributed by atoms with E-state index in [9.17, 15) is 24.0 Å². The molecule has 1 heterocycles. The molecule has 1 saturated carbocycles. The Hall–Kier alpha value is -4.01. The lowest BCUT2D eigenvalue weighted by molar-refractivity contribution is -0.141. The minimum absolute atomic E-state index is 0.0151. The summed E-state index contributed by atoms with van der Waals surface area (Å²) in [5.41, 5.74) is 1.81. The van der Waals surface area contributed by atoms with E-state index in [1.54, 1.807) is 23.1 Å². The second-order valence-electron chi connectivity index (χ2n) is 10.6. The predicted octanol–water partition coefficient (Wildman–Crippen LogP) is 3.12. The molecule has 0 unspecified atom stereocenters. The van der Waals surface area contributed by atoms with E-state index >= 15 is 0 Å². The van der Waals surface area contributed by atoms with E-state index in [0.29, 0.717) is 36.6 Å². The van der Waals surface area contributed by atoms with Crippen molar-refractivity contribution >= 4 is 35.2 Å². The van der Waals surface area contributed by atoms with E-state index in [1.165, 1.54) is 6.92 Å². The summed E-state index contributed by atoms with van der Waals surface area (Å²) in [6, 6.07) is 14.3. The van der Waals surface area contributed by atoms with Crippen molar-refractivity contribution in [2.75, 3.05) is 11.9 Å². The lowest BCUT2D eigenvalue weighted by atomic mass is 9.91. The van der Waals surface area contributed by atoms with Crippen LogP contribution in [0.25, 0.3) is 0 Å². The number of hydrogen-bond acceptors (Lipinski definition) is 5. The Morgan fingerprint density at radius 1 is 1.13 bits per heavy atom. The number of aryl methyl sites for hydroxylation is 1. The van der Waals surface area contributed by atoms with Gasteiger partial charge in [-0.15, -0.1) is 0 Å². The lowest BCUT2D eigenvalue weighted by Gasteiger charge is -2.31. The van der Waals surface area contributed by atoms with E-state index in [-0.39, 0.29) is 30.7 Å². The van der Waals surface area contributed by atoms with Gasteiger partial charge in [-0.3, -0.25) is 24.1 Å². The van der Waals surface area contributed by atoms with Gasteiger partial charge in [0.2, 0.25) is 11.8 Å². The van der Waals surface area contributed by atoms with Gasteiger partial charge in [-0.25, -0.2) is 4.79 Å². The molecule has 9 nitrogen and oxygen atoms in total. The molecule has 2 aromatic carbocycles. The molecule has 2 aromatic rings. The SMILES string of the molecule is CC(=O)CC(=O)Nc1ccc2c(c1)CC[C@]21NC(=O)N(CC(=O)N(Cc2ccccc2)[C@@H](C)C2CC2)C1=O. The highest BCUT2D eigenvalue weighted by molar-refractivity contribution is 6.10. The van der Waals surface area contributed by atoms with E-state index < -0.39 is 23.4 Å². The van der Waals surface area contributed by atoms with Crippen molar-refractivity contribution < 1.29 is 24.0 Å². The van der Waals surface area contributed by atoms with Crippen LogP contribution in [0.3, 0.4) is 0 Å². The number of amides is 5. The van der Waals surface area contributed by atoms with Crippen LogP contribution in [-0.2, 0) is 37.7 Å². The van der Waals surface area contributed by atoms with Crippen molar-refractivity contribution in [2.45, 2.75) is 64.1 Å². The van der Waals surface area contributed by atoms with E-state index in [2.05, 4.69) is 10.6 Å². The van der Waals surface area contributed by atoms with Gasteiger partial charge in [-0.05, 0) is 74.3 Å². The number of imide groups is 1. The molecule has 38 heavy (non-hydrogen) atoms. The number of carbonyl (C=O) groups excluding carboxylic acids is 5. The number of rotatable bonds is 9. The third-order valence-electron chi connectivity index (χ3n) is 7.81. The maximum atomic E-state index is 13.7. The first kappa shape index (κ1) is 25.6. The Bertz CT molecular complexity index is 1310. The summed E-state index contributed by atoms with van der Waals surface area (Å²) in [6.45, 7) is 3.49. The molecule has 5 rings (SSSR count). The van der Waals surface area contributed by atoms with Gasteiger partial charge in [0.1, 0.15) is 17.9 Å². The van der Waals surface area contributed by atoms with Crippen LogP contribution in [0, 0.1) is 5.92 Å². The number of fused-ring (bicyclic) bond motifs is 2. The van der Waals surface area contributed by atoms with Gasteiger partial charge in [0.15, 0.2) is 0 Å². The summed E-state index contributed by atoms with van der Waals surface area (Å²) >= 11 is 0. The van der Waals surface area contributed by atoms with Gasteiger partial charge in [-0.1, -0.05) is 36.4 Å². The lowest BCUT2D eigenvalue weighted by Crippen LogP contribution is -2.47. The monoisotopic (exact) mass is 516 g/mol. The number of Topliss-reactive ketones (excluding diaryl/α,β-unsaturated/α-hetero) is 1. The average Bonchev–Trinajstić information content (AvgIpc) is 3.63. The highest BCUT2D eigenvalue weighted by Crippen LogP contribution is 2.42. The number of benzene rings is 2. The molecule has 3 aliphatic rings. The zero-order valence-corrected chi connectivity index (χ0v) is 21.7. The molecule has 1 spiro atoms. The predicted molar refractivity (Wildman–Crippen MR) is 140 cm³/mol. The minimum Gasteiger partial charge on any atom is -0.334 e. The molecule has 1 saturated heterocycles. The number of ketones is 1. The van der Waals surface area contributed by atoms with Crippen molar-refractivity contribution in [1.29, 1.82) is 0 Å². The van der Waals surface area contributed by atoms with E-state index in [1.807, 2.05) is 37.3 Å². The van der Waals surface area contributed by atoms with Crippen LogP contribution in [0.4, 0.5) is 10.5 Å². The Morgan fingerprint density at radius 3 is 2.55 bits per heavy atom. The maximum absolute atomic E-state index is 13.7. The van der Waals surface area contributed by atoms with Crippen molar-refractivity contribution in [3.63, 3.8) is 0 Å². The highest BCUT2D eigenvalue weighted by atomic mass is 16.2. The van der Waals surface area contributed by atoms with Crippen LogP contribution in [0.5, 0.6) is 0 Å². The molecule has 2 atom stereocenters. The molecular formula is C29H32N4O5. The third kappa shape index (κ3) is 4.92. The third-order valence-corrected chi connectivity index (χ3v) is 7.81. The number of anilines is 1. The van der Waals surface area contributed by atoms with Crippen LogP contribution in [0.15, 0.2) is 48.5 Å². The first-order chi connectivity index (χ1) is 18.2.